The molecule has 2 aromatic rings. The number of anilines is 2. The van der Waals surface area contributed by atoms with Gasteiger partial charge in [0.15, 0.2) is 10.9 Å². The number of sulfonamides is 1. The number of rotatable bonds is 4. The van der Waals surface area contributed by atoms with E-state index < -0.39 is 10.0 Å². The molecule has 0 saturated carbocycles. The summed E-state index contributed by atoms with van der Waals surface area (Å²) in [6, 6.07) is 7.74. The summed E-state index contributed by atoms with van der Waals surface area (Å²) in [6.07, 6.45) is 0. The monoisotopic (exact) mass is 340 g/mol. The van der Waals surface area contributed by atoms with Gasteiger partial charge in [-0.2, -0.15) is 0 Å². The Hall–Kier alpha value is -2.13. The van der Waals surface area contributed by atoms with Crippen molar-refractivity contribution in [2.24, 2.45) is 0 Å². The molecule has 0 unspecified atom stereocenters. The van der Waals surface area contributed by atoms with Gasteiger partial charge < -0.3 is 14.7 Å². The van der Waals surface area contributed by atoms with Crippen LogP contribution in [0.5, 0.6) is 0 Å². The minimum atomic E-state index is -3.71. The average Bonchev–Trinajstić information content (AvgIpc) is 2.83. The Labute approximate surface area is 134 Å². The fourth-order valence-electron chi connectivity index (χ4n) is 1.56. The van der Waals surface area contributed by atoms with Crippen LogP contribution in [0.2, 0.25) is 0 Å². The van der Waals surface area contributed by atoms with Crippen molar-refractivity contribution in [2.45, 2.75) is 11.8 Å². The van der Waals surface area contributed by atoms with Crippen LogP contribution in [0.15, 0.2) is 39.8 Å². The van der Waals surface area contributed by atoms with Crippen LogP contribution in [0.1, 0.15) is 5.76 Å². The molecule has 9 heteroatoms. The van der Waals surface area contributed by atoms with Gasteiger partial charge in [-0.3, -0.25) is 4.72 Å². The first-order chi connectivity index (χ1) is 10.3. The second-order valence-corrected chi connectivity index (χ2v) is 6.85. The van der Waals surface area contributed by atoms with Gasteiger partial charge in [0.1, 0.15) is 5.76 Å². The van der Waals surface area contributed by atoms with E-state index in [1.165, 1.54) is 18.2 Å². The summed E-state index contributed by atoms with van der Waals surface area (Å²) in [6.45, 7) is 1.68. The Morgan fingerprint density at radius 3 is 2.41 bits per heavy atom. The maximum Gasteiger partial charge on any atom is 0.263 e. The summed E-state index contributed by atoms with van der Waals surface area (Å²) in [7, 11) is -0.0702. The lowest BCUT2D eigenvalue weighted by Gasteiger charge is -2.15. The molecule has 0 aliphatic heterocycles. The summed E-state index contributed by atoms with van der Waals surface area (Å²) in [4.78, 5) is 1.86. The second-order valence-electron chi connectivity index (χ2n) is 4.78. The summed E-state index contributed by atoms with van der Waals surface area (Å²) >= 11 is 5.12. The van der Waals surface area contributed by atoms with Gasteiger partial charge in [0.25, 0.3) is 10.0 Å². The third kappa shape index (κ3) is 3.95. The van der Waals surface area contributed by atoms with E-state index >= 15 is 0 Å². The molecule has 0 saturated heterocycles. The van der Waals surface area contributed by atoms with Crippen molar-refractivity contribution >= 4 is 38.9 Å². The number of aromatic nitrogens is 1. The molecule has 1 aromatic heterocycles. The van der Waals surface area contributed by atoms with E-state index in [4.69, 9.17) is 16.7 Å². The Morgan fingerprint density at radius 2 is 1.91 bits per heavy atom. The highest BCUT2D eigenvalue weighted by molar-refractivity contribution is 7.92. The molecule has 0 aliphatic rings. The van der Waals surface area contributed by atoms with Gasteiger partial charge in [0.2, 0.25) is 0 Å². The van der Waals surface area contributed by atoms with E-state index in [1.807, 2.05) is 14.1 Å². The molecule has 22 heavy (non-hydrogen) atoms. The third-order valence-corrected chi connectivity index (χ3v) is 4.53. The van der Waals surface area contributed by atoms with Gasteiger partial charge in [-0.15, -0.1) is 0 Å². The summed E-state index contributed by atoms with van der Waals surface area (Å²) in [5, 5.41) is 7.12. The van der Waals surface area contributed by atoms with Gasteiger partial charge in [0, 0.05) is 25.8 Å². The fourth-order valence-corrected chi connectivity index (χ4v) is 2.67. The van der Waals surface area contributed by atoms with E-state index in [0.29, 0.717) is 16.6 Å². The zero-order valence-electron chi connectivity index (χ0n) is 12.3. The van der Waals surface area contributed by atoms with Crippen LogP contribution in [0.4, 0.5) is 11.5 Å². The molecule has 0 aliphatic carbocycles. The quantitative estimate of drug-likeness (QED) is 0.824. The lowest BCUT2D eigenvalue weighted by atomic mass is 10.3. The number of benzene rings is 1. The normalized spacial score (nSPS) is 11.0. The molecule has 0 fully saturated rings. The number of nitrogens with zero attached hydrogens (tertiary/aromatic N) is 2. The van der Waals surface area contributed by atoms with Crippen molar-refractivity contribution in [3.63, 3.8) is 0 Å². The molecular weight excluding hydrogens is 324 g/mol. The van der Waals surface area contributed by atoms with Crippen LogP contribution in [0, 0.1) is 6.92 Å². The highest BCUT2D eigenvalue weighted by Gasteiger charge is 2.16. The maximum atomic E-state index is 12.2. The van der Waals surface area contributed by atoms with Gasteiger partial charge in [-0.05, 0) is 43.4 Å². The molecule has 1 heterocycles. The van der Waals surface area contributed by atoms with E-state index in [9.17, 15) is 8.42 Å². The SMILES string of the molecule is Cc1cc(NS(=O)(=O)c2ccc(NC(=S)N(C)C)cc2)no1. The second kappa shape index (κ2) is 6.32. The lowest BCUT2D eigenvalue weighted by molar-refractivity contribution is 0.400. The van der Waals surface area contributed by atoms with Crippen LogP contribution >= 0.6 is 12.2 Å². The van der Waals surface area contributed by atoms with E-state index in [0.717, 1.165) is 0 Å². The Balaban J connectivity index is 2.13. The van der Waals surface area contributed by atoms with Crippen LogP contribution in [-0.4, -0.2) is 37.7 Å². The number of aryl methyl sites for hydroxylation is 1. The standard InChI is InChI=1S/C13H16N4O3S2/c1-9-8-12(15-20-9)16-22(18,19)11-6-4-10(5-7-11)14-13(21)17(2)3/h4-8H,1-3H3,(H,14,21)(H,15,16). The maximum absolute atomic E-state index is 12.2. The predicted octanol–water partition coefficient (Wildman–Crippen LogP) is 2.04. The Bertz CT molecular complexity index is 767. The summed E-state index contributed by atoms with van der Waals surface area (Å²) < 4.78 is 31.6. The molecule has 7 nitrogen and oxygen atoms in total. The lowest BCUT2D eigenvalue weighted by Crippen LogP contribution is -2.27. The van der Waals surface area contributed by atoms with Crippen molar-refractivity contribution < 1.29 is 12.9 Å². The molecule has 0 radical (unpaired) electrons. The minimum absolute atomic E-state index is 0.120. The fraction of sp³-hybridized carbons (Fsp3) is 0.231. The number of hydrogen-bond acceptors (Lipinski definition) is 5. The van der Waals surface area contributed by atoms with Crippen LogP contribution in [0.3, 0.4) is 0 Å². The highest BCUT2D eigenvalue weighted by Crippen LogP contribution is 2.18. The van der Waals surface area contributed by atoms with Crippen molar-refractivity contribution in [3.05, 3.63) is 36.1 Å². The van der Waals surface area contributed by atoms with Crippen molar-refractivity contribution in [2.75, 3.05) is 24.1 Å². The molecule has 118 valence electrons. The first-order valence-electron chi connectivity index (χ1n) is 6.32. The van der Waals surface area contributed by atoms with Gasteiger partial charge in [-0.1, -0.05) is 5.16 Å². The minimum Gasteiger partial charge on any atom is -0.360 e. The van der Waals surface area contributed by atoms with E-state index in [1.54, 1.807) is 24.0 Å². The molecule has 0 amide bonds. The molecule has 2 rings (SSSR count). The van der Waals surface area contributed by atoms with E-state index in [-0.39, 0.29) is 10.7 Å². The predicted molar refractivity (Wildman–Crippen MR) is 88.4 cm³/mol. The molecule has 0 spiro atoms. The zero-order valence-corrected chi connectivity index (χ0v) is 14.0. The Morgan fingerprint density at radius 1 is 1.27 bits per heavy atom. The van der Waals surface area contributed by atoms with Crippen LogP contribution < -0.4 is 10.0 Å². The van der Waals surface area contributed by atoms with Gasteiger partial charge >= 0.3 is 0 Å². The molecule has 1 aromatic carbocycles. The van der Waals surface area contributed by atoms with Crippen molar-refractivity contribution in [3.8, 4) is 0 Å². The molecule has 0 atom stereocenters. The van der Waals surface area contributed by atoms with E-state index in [2.05, 4.69) is 15.2 Å². The van der Waals surface area contributed by atoms with Crippen molar-refractivity contribution in [1.29, 1.82) is 0 Å². The molecule has 2 N–H and O–H groups in total. The average molecular weight is 340 g/mol. The van der Waals surface area contributed by atoms with Crippen LogP contribution in [0.25, 0.3) is 0 Å². The highest BCUT2D eigenvalue weighted by atomic mass is 32.2. The largest absolute Gasteiger partial charge is 0.360 e. The Kier molecular flexibility index (Phi) is 4.67. The first kappa shape index (κ1) is 16.2. The first-order valence-corrected chi connectivity index (χ1v) is 8.21. The molecular formula is C13H16N4O3S2. The van der Waals surface area contributed by atoms with Gasteiger partial charge in [0.05, 0.1) is 4.90 Å². The zero-order chi connectivity index (χ0) is 16.3. The summed E-state index contributed by atoms with van der Waals surface area (Å²) in [5.74, 6) is 0.669. The topological polar surface area (TPSA) is 87.5 Å². The van der Waals surface area contributed by atoms with Crippen LogP contribution in [-0.2, 0) is 10.0 Å². The smallest absolute Gasteiger partial charge is 0.263 e. The number of hydrogen-bond donors (Lipinski definition) is 2. The molecule has 0 bridgehead atoms. The third-order valence-electron chi connectivity index (χ3n) is 2.69. The van der Waals surface area contributed by atoms with Crippen molar-refractivity contribution in [1.82, 2.24) is 10.1 Å². The number of thiocarbonyl (C=S) groups is 1. The summed E-state index contributed by atoms with van der Waals surface area (Å²) in [5.41, 5.74) is 0.704. The van der Waals surface area contributed by atoms with Gasteiger partial charge in [-0.25, -0.2) is 8.42 Å². The number of nitrogens with one attached hydrogen (secondary N) is 2.